The van der Waals surface area contributed by atoms with Crippen molar-refractivity contribution < 1.29 is 0 Å². The second kappa shape index (κ2) is 4.15. The third-order valence-electron chi connectivity index (χ3n) is 1.91. The fourth-order valence-electron chi connectivity index (χ4n) is 1.26. The zero-order valence-electron chi connectivity index (χ0n) is 7.27. The van der Waals surface area contributed by atoms with Gasteiger partial charge < -0.3 is 0 Å². The van der Waals surface area contributed by atoms with E-state index in [-0.39, 0.29) is 0 Å². The van der Waals surface area contributed by atoms with Crippen LogP contribution in [0.25, 0.3) is 0 Å². The van der Waals surface area contributed by atoms with Gasteiger partial charge in [-0.2, -0.15) is 0 Å². The molecule has 0 unspecified atom stereocenters. The lowest BCUT2D eigenvalue weighted by Gasteiger charge is -2.11. The summed E-state index contributed by atoms with van der Waals surface area (Å²) in [5, 5.41) is 0.774. The largest absolute Gasteiger partial charge is 0.121 e. The molecule has 0 nitrogen and oxygen atoms in total. The lowest BCUT2D eigenvalue weighted by atomic mass is 9.98. The molecule has 0 amide bonds. The third kappa shape index (κ3) is 1.94. The maximum Gasteiger partial charge on any atom is 0.0491 e. The fourth-order valence-corrected chi connectivity index (χ4v) is 1.87. The van der Waals surface area contributed by atoms with E-state index in [1.807, 2.05) is 12.1 Å². The molecule has 0 bridgehead atoms. The molecule has 0 radical (unpaired) electrons. The van der Waals surface area contributed by atoms with Gasteiger partial charge in [-0.1, -0.05) is 37.6 Å². The first-order valence-electron chi connectivity index (χ1n) is 4.00. The van der Waals surface area contributed by atoms with E-state index >= 15 is 0 Å². The van der Waals surface area contributed by atoms with Gasteiger partial charge >= 0.3 is 0 Å². The lowest BCUT2D eigenvalue weighted by Crippen LogP contribution is -1.94. The van der Waals surface area contributed by atoms with Crippen LogP contribution in [0.2, 0.25) is 5.02 Å². The van der Waals surface area contributed by atoms with E-state index in [9.17, 15) is 0 Å². The third-order valence-corrected chi connectivity index (χ3v) is 2.53. The summed E-state index contributed by atoms with van der Waals surface area (Å²) >= 11 is 11.8. The predicted octanol–water partition coefficient (Wildman–Crippen LogP) is 4.20. The molecule has 1 rings (SSSR count). The van der Waals surface area contributed by atoms with Crippen molar-refractivity contribution in [2.45, 2.75) is 25.6 Å². The Morgan fingerprint density at radius 3 is 2.42 bits per heavy atom. The van der Waals surface area contributed by atoms with Crippen LogP contribution >= 0.6 is 23.2 Å². The van der Waals surface area contributed by atoms with Crippen LogP contribution in [0.4, 0.5) is 0 Å². The molecule has 1 aromatic rings. The van der Waals surface area contributed by atoms with Crippen molar-refractivity contribution in [3.63, 3.8) is 0 Å². The SMILES string of the molecule is CC(C)c1cccc(Cl)c1CCl. The number of halogens is 2. The minimum absolute atomic E-state index is 0.484. The highest BCUT2D eigenvalue weighted by molar-refractivity contribution is 6.32. The van der Waals surface area contributed by atoms with Crippen LogP contribution in [0.1, 0.15) is 30.9 Å². The molecule has 0 N–H and O–H groups in total. The molecule has 0 fully saturated rings. The first-order chi connectivity index (χ1) is 5.66. The zero-order valence-corrected chi connectivity index (χ0v) is 8.78. The number of hydrogen-bond donors (Lipinski definition) is 0. The summed E-state index contributed by atoms with van der Waals surface area (Å²) in [6.07, 6.45) is 0. The van der Waals surface area contributed by atoms with Crippen LogP contribution in [-0.2, 0) is 5.88 Å². The highest BCUT2D eigenvalue weighted by Crippen LogP contribution is 2.27. The zero-order chi connectivity index (χ0) is 9.14. The van der Waals surface area contributed by atoms with Gasteiger partial charge in [-0.3, -0.25) is 0 Å². The van der Waals surface area contributed by atoms with Crippen molar-refractivity contribution in [2.75, 3.05) is 0 Å². The molecule has 1 aromatic carbocycles. The Kier molecular flexibility index (Phi) is 3.42. The minimum atomic E-state index is 0.484. The van der Waals surface area contributed by atoms with Crippen LogP contribution < -0.4 is 0 Å². The molecule has 2 heteroatoms. The van der Waals surface area contributed by atoms with E-state index in [0.29, 0.717) is 11.8 Å². The van der Waals surface area contributed by atoms with Gasteiger partial charge in [0.15, 0.2) is 0 Å². The lowest BCUT2D eigenvalue weighted by molar-refractivity contribution is 0.854. The van der Waals surface area contributed by atoms with E-state index in [1.165, 1.54) is 5.56 Å². The fraction of sp³-hybridized carbons (Fsp3) is 0.400. The molecule has 0 spiro atoms. The number of benzene rings is 1. The molecule has 66 valence electrons. The Balaban J connectivity index is 3.18. The Morgan fingerprint density at radius 1 is 1.33 bits per heavy atom. The van der Waals surface area contributed by atoms with Gasteiger partial charge in [0.25, 0.3) is 0 Å². The van der Waals surface area contributed by atoms with E-state index in [4.69, 9.17) is 23.2 Å². The molecule has 12 heavy (non-hydrogen) atoms. The van der Waals surface area contributed by atoms with E-state index in [1.54, 1.807) is 0 Å². The summed E-state index contributed by atoms with van der Waals surface area (Å²) in [6, 6.07) is 5.92. The summed E-state index contributed by atoms with van der Waals surface area (Å²) in [5.74, 6) is 0.977. The average Bonchev–Trinajstić information content (AvgIpc) is 2.03. The standard InChI is InChI=1S/C10H12Cl2/c1-7(2)8-4-3-5-10(12)9(8)6-11/h3-5,7H,6H2,1-2H3. The predicted molar refractivity (Wildman–Crippen MR) is 55.1 cm³/mol. The normalized spacial score (nSPS) is 10.8. The van der Waals surface area contributed by atoms with Gasteiger partial charge in [0.2, 0.25) is 0 Å². The Bertz CT molecular complexity index is 267. The summed E-state index contributed by atoms with van der Waals surface area (Å²) in [4.78, 5) is 0. The van der Waals surface area contributed by atoms with Crippen LogP contribution in [0.15, 0.2) is 18.2 Å². The summed E-state index contributed by atoms with van der Waals surface area (Å²) in [7, 11) is 0. The van der Waals surface area contributed by atoms with Crippen molar-refractivity contribution in [1.29, 1.82) is 0 Å². The summed E-state index contributed by atoms with van der Waals surface area (Å²) in [5.41, 5.74) is 2.31. The molecular formula is C10H12Cl2. The smallest absolute Gasteiger partial charge is 0.0491 e. The van der Waals surface area contributed by atoms with Crippen molar-refractivity contribution >= 4 is 23.2 Å². The molecule has 0 aliphatic rings. The maximum absolute atomic E-state index is 5.99. The first kappa shape index (κ1) is 9.88. The van der Waals surface area contributed by atoms with E-state index in [0.717, 1.165) is 10.6 Å². The molecule has 0 aliphatic heterocycles. The van der Waals surface area contributed by atoms with Gasteiger partial charge in [-0.05, 0) is 23.1 Å². The molecule has 0 saturated heterocycles. The number of hydrogen-bond acceptors (Lipinski definition) is 0. The van der Waals surface area contributed by atoms with Crippen molar-refractivity contribution in [2.24, 2.45) is 0 Å². The van der Waals surface area contributed by atoms with Gasteiger partial charge in [0.05, 0.1) is 0 Å². The van der Waals surface area contributed by atoms with Gasteiger partial charge in [0.1, 0.15) is 0 Å². The monoisotopic (exact) mass is 202 g/mol. The Hall–Kier alpha value is -0.200. The molecule has 0 saturated carbocycles. The first-order valence-corrected chi connectivity index (χ1v) is 4.91. The minimum Gasteiger partial charge on any atom is -0.121 e. The quantitative estimate of drug-likeness (QED) is 0.631. The van der Waals surface area contributed by atoms with Crippen LogP contribution in [0.5, 0.6) is 0 Å². The van der Waals surface area contributed by atoms with Gasteiger partial charge in [-0.25, -0.2) is 0 Å². The topological polar surface area (TPSA) is 0 Å². The number of rotatable bonds is 2. The number of alkyl halides is 1. The molecule has 0 heterocycles. The van der Waals surface area contributed by atoms with E-state index in [2.05, 4.69) is 19.9 Å². The second-order valence-corrected chi connectivity index (χ2v) is 3.77. The van der Waals surface area contributed by atoms with Crippen LogP contribution in [0, 0.1) is 0 Å². The second-order valence-electron chi connectivity index (χ2n) is 3.10. The highest BCUT2D eigenvalue weighted by atomic mass is 35.5. The van der Waals surface area contributed by atoms with Crippen molar-refractivity contribution in [3.8, 4) is 0 Å². The summed E-state index contributed by atoms with van der Waals surface area (Å²) in [6.45, 7) is 4.28. The average molecular weight is 203 g/mol. The Labute approximate surface area is 83.5 Å². The van der Waals surface area contributed by atoms with Crippen LogP contribution in [-0.4, -0.2) is 0 Å². The van der Waals surface area contributed by atoms with Crippen molar-refractivity contribution in [3.05, 3.63) is 34.3 Å². The van der Waals surface area contributed by atoms with E-state index < -0.39 is 0 Å². The summed E-state index contributed by atoms with van der Waals surface area (Å²) < 4.78 is 0. The molecular weight excluding hydrogens is 191 g/mol. The van der Waals surface area contributed by atoms with Crippen molar-refractivity contribution in [1.82, 2.24) is 0 Å². The Morgan fingerprint density at radius 2 is 2.00 bits per heavy atom. The highest BCUT2D eigenvalue weighted by Gasteiger charge is 2.07. The molecule has 0 aromatic heterocycles. The molecule has 0 aliphatic carbocycles. The van der Waals surface area contributed by atoms with Gasteiger partial charge in [0, 0.05) is 10.9 Å². The van der Waals surface area contributed by atoms with Crippen LogP contribution in [0.3, 0.4) is 0 Å². The molecule has 0 atom stereocenters. The van der Waals surface area contributed by atoms with Gasteiger partial charge in [-0.15, -0.1) is 11.6 Å². The maximum atomic E-state index is 5.99.